The fraction of sp³-hybridized carbons (Fsp3) is 0.186. The van der Waals surface area contributed by atoms with E-state index < -0.39 is 99.4 Å². The number of aromatic carboxylic acids is 1. The van der Waals surface area contributed by atoms with Crippen LogP contribution in [0.4, 0.5) is 5.69 Å². The van der Waals surface area contributed by atoms with Crippen LogP contribution >= 0.6 is 12.2 Å². The zero-order chi connectivity index (χ0) is 62.3. The fourth-order valence-corrected chi connectivity index (χ4v) is 7.82. The minimum Gasteiger partial charge on any atom is -0.482 e. The Morgan fingerprint density at radius 2 is 0.802 bits per heavy atom. The van der Waals surface area contributed by atoms with Gasteiger partial charge in [-0.15, -0.1) is 0 Å². The van der Waals surface area contributed by atoms with E-state index in [0.717, 1.165) is 6.07 Å². The quantitative estimate of drug-likeness (QED) is 0.0194. The van der Waals surface area contributed by atoms with Gasteiger partial charge in [-0.1, -0.05) is 35.5 Å². The van der Waals surface area contributed by atoms with Crippen molar-refractivity contribution in [3.05, 3.63) is 165 Å². The Kier molecular flexibility index (Phi) is 23.0. The second-order valence-corrected chi connectivity index (χ2v) is 18.1. The van der Waals surface area contributed by atoms with Gasteiger partial charge in [0.1, 0.15) is 28.7 Å². The zero-order valence-electron chi connectivity index (χ0n) is 44.6. The molecule has 0 unspecified atom stereocenters. The number of carboxylic acids is 8. The van der Waals surface area contributed by atoms with Crippen molar-refractivity contribution >= 4 is 70.8 Å². The van der Waals surface area contributed by atoms with Gasteiger partial charge < -0.3 is 59.8 Å². The smallest absolute Gasteiger partial charge is 0.354 e. The molecule has 6 rings (SSSR count). The molecular formula is C59H46N6O20S. The minimum absolute atomic E-state index is 0.0199. The Balaban J connectivity index is 1.37. The molecule has 0 saturated heterocycles. The first-order valence-electron chi connectivity index (χ1n) is 24.8. The van der Waals surface area contributed by atoms with Crippen molar-refractivity contribution in [2.75, 3.05) is 39.5 Å². The van der Waals surface area contributed by atoms with Gasteiger partial charge in [0.15, 0.2) is 26.4 Å². The van der Waals surface area contributed by atoms with Gasteiger partial charge in [0.05, 0.1) is 70.0 Å². The van der Waals surface area contributed by atoms with Crippen molar-refractivity contribution in [1.82, 2.24) is 24.8 Å². The summed E-state index contributed by atoms with van der Waals surface area (Å²) in [5, 5.41) is 79.0. The summed E-state index contributed by atoms with van der Waals surface area (Å²) in [6, 6.07) is 23.2. The van der Waals surface area contributed by atoms with Crippen molar-refractivity contribution in [2.45, 2.75) is 32.6 Å². The van der Waals surface area contributed by atoms with E-state index in [1.807, 2.05) is 0 Å². The average Bonchev–Trinajstić information content (AvgIpc) is 3.65. The van der Waals surface area contributed by atoms with Gasteiger partial charge >= 0.3 is 47.8 Å². The van der Waals surface area contributed by atoms with Crippen LogP contribution in [0.2, 0.25) is 0 Å². The van der Waals surface area contributed by atoms with Gasteiger partial charge in [0.2, 0.25) is 0 Å². The Morgan fingerprint density at radius 3 is 1.21 bits per heavy atom. The summed E-state index contributed by atoms with van der Waals surface area (Å²) in [5.74, 6) is 6.73. The van der Waals surface area contributed by atoms with E-state index in [1.54, 1.807) is 36.4 Å². The molecule has 0 fully saturated rings. The van der Waals surface area contributed by atoms with E-state index in [1.165, 1.54) is 64.4 Å². The molecule has 438 valence electrons. The van der Waals surface area contributed by atoms with Gasteiger partial charge in [0, 0.05) is 60.6 Å². The second-order valence-electron chi connectivity index (χ2n) is 17.9. The number of aromatic nitrogens is 3. The van der Waals surface area contributed by atoms with Gasteiger partial charge in [0.25, 0.3) is 0 Å². The Bertz CT molecular complexity index is 3870. The van der Waals surface area contributed by atoms with Crippen LogP contribution in [-0.4, -0.2) is 158 Å². The number of rotatable bonds is 28. The first-order chi connectivity index (χ1) is 41.0. The summed E-state index contributed by atoms with van der Waals surface area (Å²) in [5.41, 5.74) is 2.09. The molecule has 0 aliphatic heterocycles. The molecule has 0 amide bonds. The largest absolute Gasteiger partial charge is 0.482 e. The van der Waals surface area contributed by atoms with Gasteiger partial charge in [-0.25, -0.2) is 29.0 Å². The number of ether oxygens (including phenoxy) is 4. The van der Waals surface area contributed by atoms with Crippen LogP contribution < -0.4 is 18.9 Å². The molecule has 0 saturated carbocycles. The molecular weight excluding hydrogens is 1140 g/mol. The SMILES string of the molecule is O=C(O)COc1ccc(C#Cc2cc(CC(=O)O)nc(CN(CC(=O)O)Cc3cc(C#Cc4ccc(N=C=S)cc4)cc(CN(CC(=O)O)Cc4cc(C#Cc5ccc(OCC(=O)O)cc5OCC(=O)O)cc(C(=O)O)n4)n3)c2)c(OCC(=O)O)c1. The predicted molar refractivity (Wildman–Crippen MR) is 299 cm³/mol. The molecule has 0 spiro atoms. The highest BCUT2D eigenvalue weighted by molar-refractivity contribution is 7.78. The number of carbonyl (C=O) groups is 8. The number of aliphatic imine (C=N–C) groups is 1. The first kappa shape index (κ1) is 63.6. The summed E-state index contributed by atoms with van der Waals surface area (Å²) in [4.78, 5) is 114. The highest BCUT2D eigenvalue weighted by Crippen LogP contribution is 2.27. The first-order valence-corrected chi connectivity index (χ1v) is 25.2. The molecule has 0 aliphatic rings. The van der Waals surface area contributed by atoms with Crippen molar-refractivity contribution in [2.24, 2.45) is 4.99 Å². The van der Waals surface area contributed by atoms with E-state index in [-0.39, 0.29) is 99.9 Å². The third-order valence-corrected chi connectivity index (χ3v) is 11.1. The number of carboxylic acid groups (broad SMARTS) is 8. The van der Waals surface area contributed by atoms with Crippen molar-refractivity contribution in [3.63, 3.8) is 0 Å². The molecule has 27 heteroatoms. The third kappa shape index (κ3) is 21.7. The van der Waals surface area contributed by atoms with Crippen LogP contribution in [0.1, 0.15) is 72.3 Å². The maximum atomic E-state index is 12.5. The molecule has 26 nitrogen and oxygen atoms in total. The number of aliphatic carboxylic acids is 7. The number of benzene rings is 3. The van der Waals surface area contributed by atoms with Crippen LogP contribution in [0.3, 0.4) is 0 Å². The number of pyridine rings is 3. The average molecular weight is 1190 g/mol. The molecule has 0 atom stereocenters. The minimum atomic E-state index is -1.46. The highest BCUT2D eigenvalue weighted by atomic mass is 32.1. The van der Waals surface area contributed by atoms with Crippen molar-refractivity contribution in [1.29, 1.82) is 0 Å². The van der Waals surface area contributed by atoms with E-state index in [4.69, 9.17) is 46.4 Å². The van der Waals surface area contributed by atoms with Gasteiger partial charge in [-0.05, 0) is 97.1 Å². The maximum Gasteiger partial charge on any atom is 0.354 e. The topological polar surface area (TPSA) is 393 Å². The monoisotopic (exact) mass is 1190 g/mol. The van der Waals surface area contributed by atoms with E-state index in [2.05, 4.69) is 55.6 Å². The molecule has 3 heterocycles. The summed E-state index contributed by atoms with van der Waals surface area (Å²) in [7, 11) is 0. The molecule has 3 aromatic heterocycles. The molecule has 86 heavy (non-hydrogen) atoms. The highest BCUT2D eigenvalue weighted by Gasteiger charge is 2.20. The van der Waals surface area contributed by atoms with Crippen LogP contribution in [0.15, 0.2) is 102 Å². The third-order valence-electron chi connectivity index (χ3n) is 11.0. The number of thiocarbonyl (C=S) groups is 1. The van der Waals surface area contributed by atoms with E-state index >= 15 is 0 Å². The number of nitrogens with zero attached hydrogens (tertiary/aromatic N) is 6. The Labute approximate surface area is 492 Å². The lowest BCUT2D eigenvalue weighted by Crippen LogP contribution is -2.31. The number of isothiocyanates is 1. The summed E-state index contributed by atoms with van der Waals surface area (Å²) < 4.78 is 21.1. The molecule has 3 aromatic carbocycles. The lowest BCUT2D eigenvalue weighted by atomic mass is 10.1. The normalized spacial score (nSPS) is 10.3. The summed E-state index contributed by atoms with van der Waals surface area (Å²) in [6.45, 7) is -5.33. The summed E-state index contributed by atoms with van der Waals surface area (Å²) >= 11 is 4.70. The van der Waals surface area contributed by atoms with Crippen LogP contribution in [0.25, 0.3) is 0 Å². The summed E-state index contributed by atoms with van der Waals surface area (Å²) in [6.07, 6.45) is -0.578. The molecule has 6 aromatic rings. The Morgan fingerprint density at radius 1 is 0.419 bits per heavy atom. The van der Waals surface area contributed by atoms with E-state index in [0.29, 0.717) is 16.8 Å². The molecule has 0 radical (unpaired) electrons. The zero-order valence-corrected chi connectivity index (χ0v) is 45.4. The van der Waals surface area contributed by atoms with Crippen LogP contribution in [0, 0.1) is 35.5 Å². The van der Waals surface area contributed by atoms with E-state index in [9.17, 15) is 69.0 Å². The number of hydrogen-bond acceptors (Lipinski definition) is 19. The molecule has 0 bridgehead atoms. The van der Waals surface area contributed by atoms with Crippen molar-refractivity contribution < 1.29 is 98.2 Å². The number of hydrogen-bond donors (Lipinski definition) is 8. The van der Waals surface area contributed by atoms with Crippen LogP contribution in [-0.2, 0) is 66.2 Å². The lowest BCUT2D eigenvalue weighted by Gasteiger charge is -2.22. The molecule has 8 N–H and O–H groups in total. The van der Waals surface area contributed by atoms with Crippen molar-refractivity contribution in [3.8, 4) is 58.5 Å². The predicted octanol–water partition coefficient (Wildman–Crippen LogP) is 4.16. The standard InChI is InChI=1S/C59H46N6O20S/c66-52(67)21-42-15-37(3-7-39-9-13-47(82-30-55(72)73)22-50(39)84-32-57(76)77)18-43(61-42)24-64(28-53(68)69)25-44-16-36(2-1-35-5-11-41(12-6-35)60-34-86)17-45(62-44)26-65(29-54(70)71)27-46-19-38(20-49(63-46)59(80)81)4-8-40-10-14-48(83-31-56(74)75)23-51(40)85-33-58(78)79/h5-6,9-20,22-23H,21,24-33H2,(H,66,67)(H,68,69)(H,70,71)(H,72,73)(H,74,75)(H,76,77)(H,78,79)(H,80,81). The molecule has 0 aliphatic carbocycles. The maximum absolute atomic E-state index is 12.5. The fourth-order valence-electron chi connectivity index (χ4n) is 7.71. The van der Waals surface area contributed by atoms with Crippen LogP contribution in [0.5, 0.6) is 23.0 Å². The Hall–Kier alpha value is -11.5. The van der Waals surface area contributed by atoms with Gasteiger partial charge in [-0.2, -0.15) is 4.99 Å². The lowest BCUT2D eigenvalue weighted by molar-refractivity contribution is -0.140. The van der Waals surface area contributed by atoms with Gasteiger partial charge in [-0.3, -0.25) is 34.2 Å². The second kappa shape index (κ2) is 31.1.